The molecule has 0 atom stereocenters. The molecule has 2 aromatic carbocycles. The van der Waals surface area contributed by atoms with E-state index in [9.17, 15) is 4.79 Å². The number of thiazole rings is 1. The van der Waals surface area contributed by atoms with Crippen molar-refractivity contribution < 1.29 is 14.3 Å². The normalized spacial score (nSPS) is 10.6. The van der Waals surface area contributed by atoms with Gasteiger partial charge in [-0.25, -0.2) is 4.98 Å². The lowest BCUT2D eigenvalue weighted by atomic mass is 10.2. The van der Waals surface area contributed by atoms with Crippen LogP contribution in [0.2, 0.25) is 5.02 Å². The third-order valence-electron chi connectivity index (χ3n) is 4.24. The minimum atomic E-state index is -0.169. The standard InChI is InChI=1S/C21H21ClN2O3S/c1-13-19(28-21(24-13)14-4-6-16(22)7-5-14)8-9-23-20(25)15-10-17(26-2)12-18(11-15)27-3/h4-7,10-12H,8-9H2,1-3H3,(H,23,25). The van der Waals surface area contributed by atoms with Gasteiger partial charge in [0.1, 0.15) is 16.5 Å². The van der Waals surface area contributed by atoms with Crippen molar-refractivity contribution >= 4 is 28.8 Å². The van der Waals surface area contributed by atoms with Gasteiger partial charge in [-0.1, -0.05) is 23.7 Å². The number of amides is 1. The summed E-state index contributed by atoms with van der Waals surface area (Å²) in [6.45, 7) is 2.50. The molecular weight excluding hydrogens is 396 g/mol. The van der Waals surface area contributed by atoms with Crippen molar-refractivity contribution in [1.29, 1.82) is 0 Å². The number of hydrogen-bond donors (Lipinski definition) is 1. The van der Waals surface area contributed by atoms with Gasteiger partial charge in [0, 0.05) is 40.1 Å². The van der Waals surface area contributed by atoms with Crippen LogP contribution in [0.3, 0.4) is 0 Å². The topological polar surface area (TPSA) is 60.5 Å². The highest BCUT2D eigenvalue weighted by Crippen LogP contribution is 2.29. The van der Waals surface area contributed by atoms with Crippen LogP contribution in [0.15, 0.2) is 42.5 Å². The van der Waals surface area contributed by atoms with Crippen molar-refractivity contribution in [2.45, 2.75) is 13.3 Å². The average Bonchev–Trinajstić information content (AvgIpc) is 3.08. The molecule has 0 saturated heterocycles. The minimum absolute atomic E-state index is 0.169. The number of carbonyl (C=O) groups excluding carboxylic acids is 1. The highest BCUT2D eigenvalue weighted by atomic mass is 35.5. The van der Waals surface area contributed by atoms with E-state index < -0.39 is 0 Å². The predicted octanol–water partition coefficient (Wildman–Crippen LogP) is 4.76. The molecule has 146 valence electrons. The molecule has 0 aliphatic rings. The molecule has 3 aromatic rings. The largest absolute Gasteiger partial charge is 0.497 e. The molecular formula is C21H21ClN2O3S. The van der Waals surface area contributed by atoms with E-state index in [-0.39, 0.29) is 5.91 Å². The molecule has 0 fully saturated rings. The van der Waals surface area contributed by atoms with E-state index in [1.807, 2.05) is 31.2 Å². The first-order valence-electron chi connectivity index (χ1n) is 8.73. The number of hydrogen-bond acceptors (Lipinski definition) is 5. The smallest absolute Gasteiger partial charge is 0.251 e. The SMILES string of the molecule is COc1cc(OC)cc(C(=O)NCCc2sc(-c3ccc(Cl)cc3)nc2C)c1. The Bertz CT molecular complexity index is 948. The fourth-order valence-corrected chi connectivity index (χ4v) is 3.90. The Morgan fingerprint density at radius 2 is 1.75 bits per heavy atom. The van der Waals surface area contributed by atoms with Gasteiger partial charge < -0.3 is 14.8 Å². The molecule has 1 amide bonds. The van der Waals surface area contributed by atoms with Gasteiger partial charge in [-0.3, -0.25) is 4.79 Å². The van der Waals surface area contributed by atoms with E-state index in [2.05, 4.69) is 10.3 Å². The molecule has 0 spiro atoms. The van der Waals surface area contributed by atoms with Gasteiger partial charge in [0.15, 0.2) is 0 Å². The first-order chi connectivity index (χ1) is 13.5. The highest BCUT2D eigenvalue weighted by Gasteiger charge is 2.12. The molecule has 0 unspecified atom stereocenters. The number of rotatable bonds is 7. The van der Waals surface area contributed by atoms with Crippen LogP contribution in [0.5, 0.6) is 11.5 Å². The Morgan fingerprint density at radius 1 is 1.11 bits per heavy atom. The molecule has 5 nitrogen and oxygen atoms in total. The Balaban J connectivity index is 1.64. The first kappa shape index (κ1) is 20.2. The lowest BCUT2D eigenvalue weighted by Gasteiger charge is -2.09. The molecule has 3 rings (SSSR count). The summed E-state index contributed by atoms with van der Waals surface area (Å²) in [7, 11) is 3.11. The van der Waals surface area contributed by atoms with Gasteiger partial charge in [-0.05, 0) is 31.2 Å². The second-order valence-electron chi connectivity index (χ2n) is 6.14. The van der Waals surface area contributed by atoms with E-state index in [0.717, 1.165) is 21.1 Å². The van der Waals surface area contributed by atoms with Crippen molar-refractivity contribution in [2.24, 2.45) is 0 Å². The Morgan fingerprint density at radius 3 is 2.36 bits per heavy atom. The molecule has 28 heavy (non-hydrogen) atoms. The molecule has 1 aromatic heterocycles. The molecule has 0 saturated carbocycles. The number of nitrogens with one attached hydrogen (secondary N) is 1. The zero-order valence-corrected chi connectivity index (χ0v) is 17.5. The summed E-state index contributed by atoms with van der Waals surface area (Å²) in [6.07, 6.45) is 0.712. The summed E-state index contributed by atoms with van der Waals surface area (Å²) in [6, 6.07) is 12.7. The van der Waals surface area contributed by atoms with Crippen LogP contribution in [0.4, 0.5) is 0 Å². The molecule has 0 aliphatic carbocycles. The Kier molecular flexibility index (Phi) is 6.54. The number of carbonyl (C=O) groups is 1. The second-order valence-corrected chi connectivity index (χ2v) is 7.66. The van der Waals surface area contributed by atoms with Crippen LogP contribution in [0.1, 0.15) is 20.9 Å². The van der Waals surface area contributed by atoms with Crippen LogP contribution >= 0.6 is 22.9 Å². The third-order valence-corrected chi connectivity index (χ3v) is 5.75. The lowest BCUT2D eigenvalue weighted by Crippen LogP contribution is -2.25. The number of halogens is 1. The monoisotopic (exact) mass is 416 g/mol. The summed E-state index contributed by atoms with van der Waals surface area (Å²) in [5.41, 5.74) is 2.52. The number of methoxy groups -OCH3 is 2. The van der Waals surface area contributed by atoms with Gasteiger partial charge in [-0.2, -0.15) is 0 Å². The lowest BCUT2D eigenvalue weighted by molar-refractivity contribution is 0.0953. The van der Waals surface area contributed by atoms with Crippen LogP contribution in [-0.2, 0) is 6.42 Å². The Labute approximate surface area is 173 Å². The van der Waals surface area contributed by atoms with Gasteiger partial charge in [0.2, 0.25) is 0 Å². The van der Waals surface area contributed by atoms with Crippen LogP contribution in [0, 0.1) is 6.92 Å². The fourth-order valence-electron chi connectivity index (χ4n) is 2.71. The van der Waals surface area contributed by atoms with E-state index in [4.69, 9.17) is 21.1 Å². The number of nitrogens with zero attached hydrogens (tertiary/aromatic N) is 1. The summed E-state index contributed by atoms with van der Waals surface area (Å²) < 4.78 is 10.4. The molecule has 1 N–H and O–H groups in total. The van der Waals surface area contributed by atoms with Gasteiger partial charge in [-0.15, -0.1) is 11.3 Å². The predicted molar refractivity (Wildman–Crippen MR) is 113 cm³/mol. The molecule has 1 heterocycles. The van der Waals surface area contributed by atoms with Crippen molar-refractivity contribution in [3.63, 3.8) is 0 Å². The number of aryl methyl sites for hydroxylation is 1. The van der Waals surface area contributed by atoms with Crippen LogP contribution in [0.25, 0.3) is 10.6 Å². The number of aromatic nitrogens is 1. The number of ether oxygens (including phenoxy) is 2. The van der Waals surface area contributed by atoms with Crippen molar-refractivity contribution in [2.75, 3.05) is 20.8 Å². The summed E-state index contributed by atoms with van der Waals surface area (Å²) in [4.78, 5) is 18.3. The van der Waals surface area contributed by atoms with E-state index in [1.54, 1.807) is 43.8 Å². The minimum Gasteiger partial charge on any atom is -0.497 e. The van der Waals surface area contributed by atoms with E-state index in [0.29, 0.717) is 35.1 Å². The fraction of sp³-hybridized carbons (Fsp3) is 0.238. The summed E-state index contributed by atoms with van der Waals surface area (Å²) in [5.74, 6) is 0.989. The average molecular weight is 417 g/mol. The van der Waals surface area contributed by atoms with Gasteiger partial charge in [0.05, 0.1) is 19.9 Å². The quantitative estimate of drug-likeness (QED) is 0.603. The van der Waals surface area contributed by atoms with Crippen molar-refractivity contribution in [1.82, 2.24) is 10.3 Å². The maximum atomic E-state index is 12.5. The van der Waals surface area contributed by atoms with Crippen molar-refractivity contribution in [3.8, 4) is 22.1 Å². The Hall–Kier alpha value is -2.57. The highest BCUT2D eigenvalue weighted by molar-refractivity contribution is 7.15. The zero-order valence-electron chi connectivity index (χ0n) is 15.9. The van der Waals surface area contributed by atoms with Gasteiger partial charge >= 0.3 is 0 Å². The summed E-state index contributed by atoms with van der Waals surface area (Å²) >= 11 is 7.58. The first-order valence-corrected chi connectivity index (χ1v) is 9.93. The molecule has 7 heteroatoms. The second kappa shape index (κ2) is 9.08. The molecule has 0 radical (unpaired) electrons. The molecule has 0 bridgehead atoms. The van der Waals surface area contributed by atoms with Crippen LogP contribution in [-0.4, -0.2) is 31.7 Å². The molecule has 0 aliphatic heterocycles. The maximum Gasteiger partial charge on any atom is 0.251 e. The van der Waals surface area contributed by atoms with E-state index in [1.165, 1.54) is 0 Å². The summed E-state index contributed by atoms with van der Waals surface area (Å²) in [5, 5.41) is 4.60. The number of benzene rings is 2. The van der Waals surface area contributed by atoms with E-state index >= 15 is 0 Å². The van der Waals surface area contributed by atoms with Crippen molar-refractivity contribution in [3.05, 3.63) is 63.6 Å². The zero-order chi connectivity index (χ0) is 20.1. The van der Waals surface area contributed by atoms with Gasteiger partial charge in [0.25, 0.3) is 5.91 Å². The third kappa shape index (κ3) is 4.82. The van der Waals surface area contributed by atoms with Crippen LogP contribution < -0.4 is 14.8 Å². The maximum absolute atomic E-state index is 12.5.